The molecule has 1 aromatic heterocycles. The quantitative estimate of drug-likeness (QED) is 0.622. The fourth-order valence-corrected chi connectivity index (χ4v) is 4.37. The Morgan fingerprint density at radius 1 is 1.10 bits per heavy atom. The smallest absolute Gasteiger partial charge is 0.255 e. The maximum atomic E-state index is 13.3. The van der Waals surface area contributed by atoms with Crippen LogP contribution in [0.1, 0.15) is 29.8 Å². The molecule has 0 aliphatic carbocycles. The maximum Gasteiger partial charge on any atom is 0.255 e. The molecule has 152 valence electrons. The van der Waals surface area contributed by atoms with Gasteiger partial charge in [-0.3, -0.25) is 9.69 Å². The van der Waals surface area contributed by atoms with Crippen LogP contribution < -0.4 is 0 Å². The maximum absolute atomic E-state index is 13.3. The van der Waals surface area contributed by atoms with E-state index in [1.807, 2.05) is 53.0 Å². The van der Waals surface area contributed by atoms with Crippen molar-refractivity contribution in [2.24, 2.45) is 7.05 Å². The molecule has 1 unspecified atom stereocenters. The summed E-state index contributed by atoms with van der Waals surface area (Å²) in [6.45, 7) is 6.32. The summed E-state index contributed by atoms with van der Waals surface area (Å²) in [6.07, 6.45) is 1.97. The third kappa shape index (κ3) is 3.89. The first-order chi connectivity index (χ1) is 13.8. The van der Waals surface area contributed by atoms with E-state index in [0.29, 0.717) is 17.1 Å². The molecular weight excluding hydrogens is 389 g/mol. The minimum absolute atomic E-state index is 0.0264. The number of carbonyl (C=O) groups is 1. The zero-order valence-corrected chi connectivity index (χ0v) is 17.7. The molecule has 29 heavy (non-hydrogen) atoms. The number of amides is 1. The zero-order valence-electron chi connectivity index (χ0n) is 16.9. The molecule has 4 nitrogen and oxygen atoms in total. The third-order valence-electron chi connectivity index (χ3n) is 5.88. The highest BCUT2D eigenvalue weighted by Crippen LogP contribution is 2.28. The second-order valence-corrected chi connectivity index (χ2v) is 8.44. The fourth-order valence-electron chi connectivity index (χ4n) is 4.14. The summed E-state index contributed by atoms with van der Waals surface area (Å²) in [6, 6.07) is 12.6. The Bertz CT molecular complexity index is 1050. The molecule has 2 atom stereocenters. The molecular formula is C23H25ClFN3O. The van der Waals surface area contributed by atoms with Gasteiger partial charge in [-0.15, -0.1) is 0 Å². The summed E-state index contributed by atoms with van der Waals surface area (Å²) in [7, 11) is 1.96. The molecule has 0 N–H and O–H groups in total. The van der Waals surface area contributed by atoms with Gasteiger partial charge < -0.3 is 9.47 Å². The van der Waals surface area contributed by atoms with Gasteiger partial charge in [-0.25, -0.2) is 4.39 Å². The van der Waals surface area contributed by atoms with Crippen LogP contribution in [0.2, 0.25) is 5.02 Å². The monoisotopic (exact) mass is 413 g/mol. The number of aryl methyl sites for hydroxylation is 1. The molecule has 1 amide bonds. The van der Waals surface area contributed by atoms with Crippen LogP contribution in [0.4, 0.5) is 4.39 Å². The highest BCUT2D eigenvalue weighted by atomic mass is 35.5. The second kappa shape index (κ2) is 7.81. The van der Waals surface area contributed by atoms with Gasteiger partial charge >= 0.3 is 0 Å². The summed E-state index contributed by atoms with van der Waals surface area (Å²) in [5.41, 5.74) is 2.64. The fraction of sp³-hybridized carbons (Fsp3) is 0.348. The van der Waals surface area contributed by atoms with E-state index in [4.69, 9.17) is 11.6 Å². The molecule has 4 rings (SSSR count). The summed E-state index contributed by atoms with van der Waals surface area (Å²) in [4.78, 5) is 17.6. The van der Waals surface area contributed by atoms with Crippen molar-refractivity contribution in [3.8, 4) is 0 Å². The van der Waals surface area contributed by atoms with E-state index in [9.17, 15) is 9.18 Å². The van der Waals surface area contributed by atoms with E-state index in [2.05, 4.69) is 18.7 Å². The lowest BCUT2D eigenvalue weighted by molar-refractivity contribution is 0.0291. The Morgan fingerprint density at radius 3 is 2.55 bits per heavy atom. The van der Waals surface area contributed by atoms with Crippen LogP contribution in [-0.4, -0.2) is 45.4 Å². The van der Waals surface area contributed by atoms with Crippen molar-refractivity contribution in [2.75, 3.05) is 13.1 Å². The highest BCUT2D eigenvalue weighted by Gasteiger charge is 2.33. The summed E-state index contributed by atoms with van der Waals surface area (Å²) in [5, 5.41) is 1.49. The van der Waals surface area contributed by atoms with Crippen molar-refractivity contribution >= 4 is 28.4 Å². The summed E-state index contributed by atoms with van der Waals surface area (Å²) < 4.78 is 15.2. The molecule has 0 radical (unpaired) electrons. The van der Waals surface area contributed by atoms with Crippen LogP contribution in [0.3, 0.4) is 0 Å². The molecule has 1 aliphatic heterocycles. The Morgan fingerprint density at radius 2 is 1.83 bits per heavy atom. The number of hydrogen-bond acceptors (Lipinski definition) is 2. The van der Waals surface area contributed by atoms with Crippen LogP contribution in [0, 0.1) is 5.82 Å². The Hall–Kier alpha value is -2.37. The molecule has 6 heteroatoms. The average molecular weight is 414 g/mol. The molecule has 0 saturated carbocycles. The predicted octanol–water partition coefficient (Wildman–Crippen LogP) is 4.71. The number of halogens is 2. The molecule has 0 spiro atoms. The lowest BCUT2D eigenvalue weighted by Gasteiger charge is -2.44. The van der Waals surface area contributed by atoms with E-state index >= 15 is 0 Å². The Kier molecular flexibility index (Phi) is 5.36. The van der Waals surface area contributed by atoms with Gasteiger partial charge in [0, 0.05) is 55.9 Å². The van der Waals surface area contributed by atoms with Crippen molar-refractivity contribution < 1.29 is 9.18 Å². The minimum atomic E-state index is -0.224. The molecule has 1 saturated heterocycles. The Labute approximate surface area is 175 Å². The molecule has 2 aromatic carbocycles. The number of fused-ring (bicyclic) bond motifs is 1. The topological polar surface area (TPSA) is 28.5 Å². The number of benzene rings is 2. The van der Waals surface area contributed by atoms with Gasteiger partial charge in [0.25, 0.3) is 5.91 Å². The lowest BCUT2D eigenvalue weighted by Crippen LogP contribution is -2.57. The van der Waals surface area contributed by atoms with Crippen LogP contribution >= 0.6 is 11.6 Å². The van der Waals surface area contributed by atoms with Gasteiger partial charge in [-0.2, -0.15) is 0 Å². The number of hydrogen-bond donors (Lipinski definition) is 0. The SMILES string of the molecule is CC1CN(Cc2ccc(F)cc2)[C@@H](C)CN1C(=O)c1cc2ccn(C)c2cc1Cl. The number of aromatic nitrogens is 1. The molecule has 0 bridgehead atoms. The first kappa shape index (κ1) is 19.9. The molecule has 3 aromatic rings. The largest absolute Gasteiger partial charge is 0.351 e. The predicted molar refractivity (Wildman–Crippen MR) is 115 cm³/mol. The third-order valence-corrected chi connectivity index (χ3v) is 6.19. The number of rotatable bonds is 3. The summed E-state index contributed by atoms with van der Waals surface area (Å²) in [5.74, 6) is -0.251. The van der Waals surface area contributed by atoms with Gasteiger partial charge in [0.2, 0.25) is 0 Å². The van der Waals surface area contributed by atoms with Crippen LogP contribution in [0.25, 0.3) is 10.9 Å². The molecule has 1 aliphatic rings. The first-order valence-corrected chi connectivity index (χ1v) is 10.3. The standard InChI is InChI=1S/C23H25ClFN3O/c1-15-13-28(16(2)12-27(15)14-17-4-6-19(25)7-5-17)23(29)20-10-18-8-9-26(3)22(18)11-21(20)24/h4-11,15-16H,12-14H2,1-3H3/t15-,16?/m0/s1. The van der Waals surface area contributed by atoms with Gasteiger partial charge in [-0.1, -0.05) is 23.7 Å². The van der Waals surface area contributed by atoms with Gasteiger partial charge in [0.15, 0.2) is 0 Å². The van der Waals surface area contributed by atoms with Gasteiger partial charge in [0.05, 0.1) is 10.6 Å². The van der Waals surface area contributed by atoms with Crippen molar-refractivity contribution in [2.45, 2.75) is 32.5 Å². The van der Waals surface area contributed by atoms with Crippen LogP contribution in [0.5, 0.6) is 0 Å². The molecule has 2 heterocycles. The normalized spacial score (nSPS) is 20.4. The lowest BCUT2D eigenvalue weighted by atomic mass is 10.0. The first-order valence-electron chi connectivity index (χ1n) is 9.87. The van der Waals surface area contributed by atoms with Crippen molar-refractivity contribution in [3.63, 3.8) is 0 Å². The minimum Gasteiger partial charge on any atom is -0.351 e. The van der Waals surface area contributed by atoms with Crippen LogP contribution in [0.15, 0.2) is 48.7 Å². The zero-order chi connectivity index (χ0) is 20.7. The number of piperazine rings is 1. The van der Waals surface area contributed by atoms with Crippen molar-refractivity contribution in [3.05, 3.63) is 70.6 Å². The van der Waals surface area contributed by atoms with E-state index in [-0.39, 0.29) is 23.8 Å². The number of nitrogens with zero attached hydrogens (tertiary/aromatic N) is 3. The van der Waals surface area contributed by atoms with Crippen molar-refractivity contribution in [1.82, 2.24) is 14.4 Å². The van der Waals surface area contributed by atoms with Crippen molar-refractivity contribution in [1.29, 1.82) is 0 Å². The van der Waals surface area contributed by atoms with E-state index in [0.717, 1.165) is 29.6 Å². The Balaban J connectivity index is 1.52. The van der Waals surface area contributed by atoms with E-state index in [1.165, 1.54) is 12.1 Å². The van der Waals surface area contributed by atoms with Gasteiger partial charge in [0.1, 0.15) is 5.82 Å². The second-order valence-electron chi connectivity index (χ2n) is 8.03. The molecule has 1 fully saturated rings. The summed E-state index contributed by atoms with van der Waals surface area (Å²) >= 11 is 6.48. The van der Waals surface area contributed by atoms with Crippen LogP contribution in [-0.2, 0) is 13.6 Å². The highest BCUT2D eigenvalue weighted by molar-refractivity contribution is 6.34. The van der Waals surface area contributed by atoms with Gasteiger partial charge in [-0.05, 0) is 49.7 Å². The number of carbonyl (C=O) groups excluding carboxylic acids is 1. The average Bonchev–Trinajstić information content (AvgIpc) is 3.05. The van der Waals surface area contributed by atoms with E-state index in [1.54, 1.807) is 0 Å². The van der Waals surface area contributed by atoms with E-state index < -0.39 is 0 Å².